The first kappa shape index (κ1) is 17.3. The number of rotatable bonds is 5. The summed E-state index contributed by atoms with van der Waals surface area (Å²) in [4.78, 5) is 0. The third-order valence-electron chi connectivity index (χ3n) is 5.16. The predicted molar refractivity (Wildman–Crippen MR) is 115 cm³/mol. The molecule has 0 bridgehead atoms. The second kappa shape index (κ2) is 8.08. The van der Waals surface area contributed by atoms with E-state index in [2.05, 4.69) is 96.8 Å². The largest absolute Gasteiger partial charge is 0.378 e. The fourth-order valence-corrected chi connectivity index (χ4v) is 7.86. The SMILES string of the molecule is C(CC1CCCO1)=P(c1ccccc1)(c1ccccc1)c1ccccc1. The van der Waals surface area contributed by atoms with Crippen molar-refractivity contribution < 1.29 is 4.74 Å². The van der Waals surface area contributed by atoms with Crippen molar-refractivity contribution in [3.05, 3.63) is 91.0 Å². The summed E-state index contributed by atoms with van der Waals surface area (Å²) in [5.74, 6) is 2.59. The first-order valence-corrected chi connectivity index (χ1v) is 11.3. The van der Waals surface area contributed by atoms with Gasteiger partial charge >= 0.3 is 0 Å². The van der Waals surface area contributed by atoms with E-state index in [1.807, 2.05) is 0 Å². The van der Waals surface area contributed by atoms with E-state index < -0.39 is 6.89 Å². The summed E-state index contributed by atoms with van der Waals surface area (Å²) in [5.41, 5.74) is 0. The van der Waals surface area contributed by atoms with Crippen LogP contribution in [0.3, 0.4) is 0 Å². The molecule has 0 aliphatic carbocycles. The highest BCUT2D eigenvalue weighted by Gasteiger charge is 2.25. The van der Waals surface area contributed by atoms with E-state index in [1.54, 1.807) is 0 Å². The van der Waals surface area contributed by atoms with Gasteiger partial charge in [0.25, 0.3) is 0 Å². The summed E-state index contributed by atoms with van der Waals surface area (Å²) < 4.78 is 5.94. The van der Waals surface area contributed by atoms with Crippen LogP contribution in [-0.4, -0.2) is 18.5 Å². The average Bonchev–Trinajstić information content (AvgIpc) is 3.25. The lowest BCUT2D eigenvalue weighted by molar-refractivity contribution is 0.118. The lowest BCUT2D eigenvalue weighted by Crippen LogP contribution is -2.27. The average molecular weight is 360 g/mol. The van der Waals surface area contributed by atoms with Gasteiger partial charge in [-0.1, -0.05) is 96.8 Å². The molecule has 3 aromatic carbocycles. The molecule has 4 rings (SSSR count). The van der Waals surface area contributed by atoms with Crippen molar-refractivity contribution in [3.8, 4) is 0 Å². The maximum Gasteiger partial charge on any atom is 0.0611 e. The summed E-state index contributed by atoms with van der Waals surface area (Å²) >= 11 is 0. The summed E-state index contributed by atoms with van der Waals surface area (Å²) in [6, 6.07) is 33.0. The second-order valence-corrected chi connectivity index (χ2v) is 10.1. The van der Waals surface area contributed by atoms with E-state index in [9.17, 15) is 0 Å². The summed E-state index contributed by atoms with van der Waals surface area (Å²) in [6.07, 6.45) is 3.73. The number of ether oxygens (including phenoxy) is 1. The van der Waals surface area contributed by atoms with Gasteiger partial charge in [-0.2, -0.15) is 0 Å². The van der Waals surface area contributed by atoms with E-state index in [0.717, 1.165) is 13.0 Å². The molecule has 0 aromatic heterocycles. The molecule has 1 nitrogen and oxygen atoms in total. The maximum absolute atomic E-state index is 5.94. The molecule has 26 heavy (non-hydrogen) atoms. The third-order valence-corrected chi connectivity index (χ3v) is 9.25. The van der Waals surface area contributed by atoms with Crippen molar-refractivity contribution in [3.63, 3.8) is 0 Å². The Hall–Kier alpha value is -2.08. The summed E-state index contributed by atoms with van der Waals surface area (Å²) in [5, 5.41) is 4.24. The maximum atomic E-state index is 5.94. The lowest BCUT2D eigenvalue weighted by atomic mass is 10.2. The van der Waals surface area contributed by atoms with Crippen LogP contribution in [-0.2, 0) is 4.74 Å². The van der Waals surface area contributed by atoms with Crippen molar-refractivity contribution in [2.75, 3.05) is 6.61 Å². The lowest BCUT2D eigenvalue weighted by Gasteiger charge is -2.29. The van der Waals surface area contributed by atoms with Gasteiger partial charge in [0, 0.05) is 6.61 Å². The van der Waals surface area contributed by atoms with Gasteiger partial charge in [0.05, 0.1) is 6.10 Å². The van der Waals surface area contributed by atoms with Crippen molar-refractivity contribution >= 4 is 28.6 Å². The zero-order valence-corrected chi connectivity index (χ0v) is 15.9. The highest BCUT2D eigenvalue weighted by atomic mass is 31.2. The van der Waals surface area contributed by atoms with E-state index in [0.29, 0.717) is 6.10 Å². The van der Waals surface area contributed by atoms with Gasteiger partial charge in [-0.3, -0.25) is 0 Å². The van der Waals surface area contributed by atoms with E-state index in [-0.39, 0.29) is 0 Å². The first-order valence-electron chi connectivity index (χ1n) is 9.41. The van der Waals surface area contributed by atoms with Crippen molar-refractivity contribution in [1.29, 1.82) is 0 Å². The van der Waals surface area contributed by atoms with Gasteiger partial charge < -0.3 is 4.74 Å². The molecule has 1 unspecified atom stereocenters. The smallest absolute Gasteiger partial charge is 0.0611 e. The highest BCUT2D eigenvalue weighted by molar-refractivity contribution is 7.94. The van der Waals surface area contributed by atoms with Gasteiger partial charge in [0.2, 0.25) is 0 Å². The highest BCUT2D eigenvalue weighted by Crippen LogP contribution is 2.44. The molecular formula is C24H25OP. The second-order valence-electron chi connectivity index (χ2n) is 6.78. The van der Waals surface area contributed by atoms with E-state index in [4.69, 9.17) is 4.74 Å². The molecule has 1 saturated heterocycles. The minimum absolute atomic E-state index is 0.366. The Labute approximate surface area is 156 Å². The molecule has 3 aromatic rings. The van der Waals surface area contributed by atoms with Crippen LogP contribution < -0.4 is 15.9 Å². The molecule has 0 N–H and O–H groups in total. The van der Waals surface area contributed by atoms with Crippen LogP contribution >= 0.6 is 6.89 Å². The topological polar surface area (TPSA) is 9.23 Å². The Bertz CT molecular complexity index is 762. The van der Waals surface area contributed by atoms with Gasteiger partial charge in [0.1, 0.15) is 0 Å². The third kappa shape index (κ3) is 3.43. The van der Waals surface area contributed by atoms with Gasteiger partial charge in [-0.25, -0.2) is 0 Å². The van der Waals surface area contributed by atoms with Crippen molar-refractivity contribution in [2.45, 2.75) is 25.4 Å². The van der Waals surface area contributed by atoms with Crippen LogP contribution in [0.25, 0.3) is 0 Å². The molecule has 132 valence electrons. The van der Waals surface area contributed by atoms with Gasteiger partial charge in [-0.05, 0) is 42.1 Å². The van der Waals surface area contributed by atoms with Gasteiger partial charge in [-0.15, -0.1) is 0 Å². The molecule has 2 heteroatoms. The van der Waals surface area contributed by atoms with Crippen molar-refractivity contribution in [1.82, 2.24) is 0 Å². The molecule has 1 heterocycles. The summed E-state index contributed by atoms with van der Waals surface area (Å²) in [7, 11) is 0. The Morgan fingerprint density at radius 2 is 1.19 bits per heavy atom. The monoisotopic (exact) mass is 360 g/mol. The minimum Gasteiger partial charge on any atom is -0.378 e. The van der Waals surface area contributed by atoms with Crippen LogP contribution in [0.4, 0.5) is 0 Å². The minimum atomic E-state index is -1.81. The normalized spacial score (nSPS) is 17.2. The molecule has 1 aliphatic rings. The molecule has 1 atom stereocenters. The number of hydrogen-bond donors (Lipinski definition) is 0. The number of hydrogen-bond acceptors (Lipinski definition) is 1. The quantitative estimate of drug-likeness (QED) is 0.615. The first-order chi connectivity index (χ1) is 12.9. The predicted octanol–water partition coefficient (Wildman–Crippen LogP) is 4.35. The zero-order chi connectivity index (χ0) is 17.7. The molecular weight excluding hydrogens is 335 g/mol. The zero-order valence-electron chi connectivity index (χ0n) is 15.0. The van der Waals surface area contributed by atoms with E-state index in [1.165, 1.54) is 28.8 Å². The van der Waals surface area contributed by atoms with Crippen LogP contribution in [0.2, 0.25) is 0 Å². The molecule has 1 fully saturated rings. The van der Waals surface area contributed by atoms with Crippen LogP contribution in [0, 0.1) is 0 Å². The van der Waals surface area contributed by atoms with Crippen molar-refractivity contribution in [2.24, 2.45) is 0 Å². The fraction of sp³-hybridized carbons (Fsp3) is 0.208. The van der Waals surface area contributed by atoms with Gasteiger partial charge in [0.15, 0.2) is 0 Å². The van der Waals surface area contributed by atoms with Crippen LogP contribution in [0.1, 0.15) is 19.3 Å². The Kier molecular flexibility index (Phi) is 5.39. The Balaban J connectivity index is 1.95. The Morgan fingerprint density at radius 3 is 1.58 bits per heavy atom. The molecule has 0 radical (unpaired) electrons. The molecule has 0 spiro atoms. The number of benzene rings is 3. The van der Waals surface area contributed by atoms with E-state index >= 15 is 0 Å². The van der Waals surface area contributed by atoms with Crippen LogP contribution in [0.5, 0.6) is 0 Å². The summed E-state index contributed by atoms with van der Waals surface area (Å²) in [6.45, 7) is -0.902. The molecule has 1 aliphatic heterocycles. The fourth-order valence-electron chi connectivity index (χ4n) is 3.86. The molecule has 0 amide bonds. The van der Waals surface area contributed by atoms with Crippen LogP contribution in [0.15, 0.2) is 91.0 Å². The Morgan fingerprint density at radius 1 is 0.731 bits per heavy atom. The molecule has 0 saturated carbocycles. The standard InChI is InChI=1S/C24H25OP/c1-4-12-22(13-5-1)26(23-14-6-2-7-15-23,24-16-8-3-9-17-24)20-18-21-11-10-19-25-21/h1-9,12-17,20-21H,10-11,18-19H2.